The van der Waals surface area contributed by atoms with Gasteiger partial charge in [0.1, 0.15) is 5.75 Å². The molecule has 2 bridgehead atoms. The van der Waals surface area contributed by atoms with Crippen molar-refractivity contribution >= 4 is 0 Å². The molecule has 1 aliphatic heterocycles. The molecule has 0 aromatic heterocycles. The Morgan fingerprint density at radius 2 is 1.96 bits per heavy atom. The molecule has 2 saturated carbocycles. The van der Waals surface area contributed by atoms with Crippen LogP contribution >= 0.6 is 0 Å². The molecule has 3 nitrogen and oxygen atoms in total. The van der Waals surface area contributed by atoms with Gasteiger partial charge in [0, 0.05) is 18.0 Å². The van der Waals surface area contributed by atoms with Crippen molar-refractivity contribution in [3.63, 3.8) is 0 Å². The van der Waals surface area contributed by atoms with E-state index >= 15 is 0 Å². The highest BCUT2D eigenvalue weighted by molar-refractivity contribution is 5.48. The van der Waals surface area contributed by atoms with Gasteiger partial charge in [0.15, 0.2) is 0 Å². The third-order valence-electron chi connectivity index (χ3n) is 7.27. The molecule has 0 unspecified atom stereocenters. The maximum atomic E-state index is 11.9. The second-order valence-electron chi connectivity index (χ2n) is 8.46. The van der Waals surface area contributed by atoms with Gasteiger partial charge in [0.2, 0.25) is 0 Å². The molecule has 0 amide bonds. The second-order valence-corrected chi connectivity index (χ2v) is 8.46. The van der Waals surface area contributed by atoms with Crippen LogP contribution in [0.25, 0.3) is 0 Å². The van der Waals surface area contributed by atoms with Crippen LogP contribution in [-0.4, -0.2) is 39.8 Å². The number of benzene rings is 1. The Morgan fingerprint density at radius 3 is 2.78 bits per heavy atom. The number of rotatable bonds is 2. The first kappa shape index (κ1) is 14.3. The summed E-state index contributed by atoms with van der Waals surface area (Å²) in [6.45, 7) is 2.29. The third kappa shape index (κ3) is 1.90. The SMILES string of the molecule is Oc1ccc2c(c1)[C@@]13CCCC[C@@]1(O)[C@@H](C2)N(CC1CC1)CC3. The first-order chi connectivity index (χ1) is 11.1. The first-order valence-electron chi connectivity index (χ1n) is 9.41. The third-order valence-corrected chi connectivity index (χ3v) is 7.27. The molecule has 3 aliphatic carbocycles. The van der Waals surface area contributed by atoms with E-state index in [0.717, 1.165) is 44.6 Å². The van der Waals surface area contributed by atoms with Gasteiger partial charge in [-0.25, -0.2) is 0 Å². The zero-order valence-electron chi connectivity index (χ0n) is 13.8. The van der Waals surface area contributed by atoms with E-state index in [1.165, 1.54) is 36.9 Å². The largest absolute Gasteiger partial charge is 0.508 e. The molecule has 3 heteroatoms. The number of phenolic OH excluding ortho intramolecular Hbond substituents is 1. The number of fused-ring (bicyclic) bond motifs is 1. The van der Waals surface area contributed by atoms with Crippen LogP contribution in [0.4, 0.5) is 0 Å². The Kier molecular flexibility index (Phi) is 2.94. The van der Waals surface area contributed by atoms with Crippen LogP contribution in [0.15, 0.2) is 18.2 Å². The summed E-state index contributed by atoms with van der Waals surface area (Å²) in [5.41, 5.74) is 1.89. The summed E-state index contributed by atoms with van der Waals surface area (Å²) >= 11 is 0. The summed E-state index contributed by atoms with van der Waals surface area (Å²) in [5.74, 6) is 1.22. The van der Waals surface area contributed by atoms with Gasteiger partial charge in [-0.05, 0) is 74.2 Å². The van der Waals surface area contributed by atoms with E-state index < -0.39 is 5.60 Å². The number of aliphatic hydroxyl groups is 1. The monoisotopic (exact) mass is 313 g/mol. The van der Waals surface area contributed by atoms with Crippen molar-refractivity contribution in [3.8, 4) is 5.75 Å². The highest BCUT2D eigenvalue weighted by Crippen LogP contribution is 2.58. The molecular weight excluding hydrogens is 286 g/mol. The normalized spacial score (nSPS) is 39.6. The summed E-state index contributed by atoms with van der Waals surface area (Å²) in [6, 6.07) is 6.16. The molecular formula is C20H27NO2. The Labute approximate surface area is 138 Å². The summed E-state index contributed by atoms with van der Waals surface area (Å²) in [6.07, 6.45) is 9.08. The minimum absolute atomic E-state index is 0.123. The molecule has 3 atom stereocenters. The highest BCUT2D eigenvalue weighted by atomic mass is 16.3. The fraction of sp³-hybridized carbons (Fsp3) is 0.700. The number of nitrogens with zero attached hydrogens (tertiary/aromatic N) is 1. The van der Waals surface area contributed by atoms with Crippen molar-refractivity contribution < 1.29 is 10.2 Å². The summed E-state index contributed by atoms with van der Waals surface area (Å²) < 4.78 is 0. The van der Waals surface area contributed by atoms with Gasteiger partial charge in [-0.2, -0.15) is 0 Å². The summed E-state index contributed by atoms with van der Waals surface area (Å²) in [5, 5.41) is 21.9. The van der Waals surface area contributed by atoms with Crippen LogP contribution in [0.3, 0.4) is 0 Å². The van der Waals surface area contributed by atoms with E-state index in [1.807, 2.05) is 12.1 Å². The number of likely N-dealkylation sites (tertiary alicyclic amines) is 1. The molecule has 4 aliphatic rings. The zero-order valence-corrected chi connectivity index (χ0v) is 13.8. The van der Waals surface area contributed by atoms with Gasteiger partial charge in [-0.3, -0.25) is 4.90 Å². The second kappa shape index (κ2) is 4.73. The van der Waals surface area contributed by atoms with E-state index in [9.17, 15) is 10.2 Å². The molecule has 1 aromatic rings. The van der Waals surface area contributed by atoms with Crippen molar-refractivity contribution in [1.82, 2.24) is 4.90 Å². The molecule has 0 spiro atoms. The summed E-state index contributed by atoms with van der Waals surface area (Å²) in [4.78, 5) is 2.61. The van der Waals surface area contributed by atoms with Crippen LogP contribution < -0.4 is 0 Å². The maximum absolute atomic E-state index is 11.9. The lowest BCUT2D eigenvalue weighted by atomic mass is 9.49. The van der Waals surface area contributed by atoms with Crippen molar-refractivity contribution in [2.75, 3.05) is 13.1 Å². The average molecular weight is 313 g/mol. The number of hydrogen-bond donors (Lipinski definition) is 2. The number of piperidine rings is 1. The average Bonchev–Trinajstić information content (AvgIpc) is 3.34. The van der Waals surface area contributed by atoms with Gasteiger partial charge in [-0.1, -0.05) is 18.9 Å². The fourth-order valence-corrected chi connectivity index (χ4v) is 5.94. The number of phenols is 1. The molecule has 1 heterocycles. The lowest BCUT2D eigenvalue weighted by Gasteiger charge is -2.64. The van der Waals surface area contributed by atoms with E-state index in [-0.39, 0.29) is 11.5 Å². The van der Waals surface area contributed by atoms with Crippen LogP contribution in [0.2, 0.25) is 0 Å². The van der Waals surface area contributed by atoms with Crippen LogP contribution in [0.1, 0.15) is 56.1 Å². The smallest absolute Gasteiger partial charge is 0.115 e. The molecule has 5 rings (SSSR count). The van der Waals surface area contributed by atoms with Crippen LogP contribution in [0.5, 0.6) is 5.75 Å². The van der Waals surface area contributed by atoms with Crippen molar-refractivity contribution in [2.45, 2.75) is 68.4 Å². The molecule has 1 aromatic carbocycles. The number of aromatic hydroxyl groups is 1. The maximum Gasteiger partial charge on any atom is 0.115 e. The van der Waals surface area contributed by atoms with Gasteiger partial charge < -0.3 is 10.2 Å². The van der Waals surface area contributed by atoms with Crippen molar-refractivity contribution in [2.24, 2.45) is 5.92 Å². The minimum atomic E-state index is -0.598. The molecule has 1 saturated heterocycles. The highest BCUT2D eigenvalue weighted by Gasteiger charge is 2.63. The molecule has 23 heavy (non-hydrogen) atoms. The fourth-order valence-electron chi connectivity index (χ4n) is 5.94. The predicted octanol–water partition coefficient (Wildman–Crippen LogP) is 2.98. The van der Waals surface area contributed by atoms with Crippen molar-refractivity contribution in [1.29, 1.82) is 0 Å². The number of hydrogen-bond acceptors (Lipinski definition) is 3. The van der Waals surface area contributed by atoms with Gasteiger partial charge in [0.05, 0.1) is 5.60 Å². The van der Waals surface area contributed by atoms with E-state index in [1.54, 1.807) is 0 Å². The van der Waals surface area contributed by atoms with Crippen LogP contribution in [-0.2, 0) is 11.8 Å². The van der Waals surface area contributed by atoms with Crippen molar-refractivity contribution in [3.05, 3.63) is 29.3 Å². The molecule has 2 N–H and O–H groups in total. The van der Waals surface area contributed by atoms with E-state index in [4.69, 9.17) is 0 Å². The first-order valence-corrected chi connectivity index (χ1v) is 9.41. The van der Waals surface area contributed by atoms with E-state index in [2.05, 4.69) is 11.0 Å². The lowest BCUT2D eigenvalue weighted by Crippen LogP contribution is -2.72. The lowest BCUT2D eigenvalue weighted by molar-refractivity contribution is -0.166. The standard InChI is InChI=1S/C20H27NO2/c22-16-6-5-15-11-18-20(23)8-2-1-7-19(20,17(15)12-16)9-10-21(18)13-14-3-4-14/h5-6,12,14,18,22-23H,1-4,7-11,13H2/t18-,19+,20-/m1/s1. The zero-order chi connectivity index (χ0) is 15.7. The van der Waals surface area contributed by atoms with Crippen LogP contribution in [0, 0.1) is 5.92 Å². The quantitative estimate of drug-likeness (QED) is 0.882. The van der Waals surface area contributed by atoms with E-state index in [0.29, 0.717) is 5.75 Å². The topological polar surface area (TPSA) is 43.7 Å². The molecule has 124 valence electrons. The Morgan fingerprint density at radius 1 is 1.13 bits per heavy atom. The Bertz CT molecular complexity index is 641. The summed E-state index contributed by atoms with van der Waals surface area (Å²) in [7, 11) is 0. The Balaban J connectivity index is 1.64. The van der Waals surface area contributed by atoms with Gasteiger partial charge in [0.25, 0.3) is 0 Å². The molecule has 0 radical (unpaired) electrons. The predicted molar refractivity (Wildman–Crippen MR) is 89.6 cm³/mol. The Hall–Kier alpha value is -1.06. The molecule has 3 fully saturated rings. The van der Waals surface area contributed by atoms with Gasteiger partial charge in [-0.15, -0.1) is 0 Å². The minimum Gasteiger partial charge on any atom is -0.508 e. The van der Waals surface area contributed by atoms with Gasteiger partial charge >= 0.3 is 0 Å².